The summed E-state index contributed by atoms with van der Waals surface area (Å²) in [5.41, 5.74) is 1.65. The molecule has 0 aliphatic rings. The molecule has 1 heteroatoms. The summed E-state index contributed by atoms with van der Waals surface area (Å²) in [6.07, 6.45) is 17.5. The zero-order chi connectivity index (χ0) is 14.3. The lowest BCUT2D eigenvalue weighted by Gasteiger charge is -2.17. The fourth-order valence-electron chi connectivity index (χ4n) is 2.45. The van der Waals surface area contributed by atoms with E-state index in [1.165, 1.54) is 51.4 Å². The second kappa shape index (κ2) is 13.9. The molecule has 0 aliphatic heterocycles. The maximum absolute atomic E-state index is 3.26. The highest BCUT2D eigenvalue weighted by molar-refractivity contribution is 5.13. The standard InChI is InChI=1S/C18H35N/c1-5-8-10-13-17(7-3)18(14-11-9-6-2)15-12-16-19-4/h7,11,14,18-19H,5-6,8-10,12-13,15-16H2,1-4H3/b14-11-,17-7+. The van der Waals surface area contributed by atoms with E-state index in [9.17, 15) is 0 Å². The van der Waals surface area contributed by atoms with Crippen molar-refractivity contribution in [3.63, 3.8) is 0 Å². The van der Waals surface area contributed by atoms with Gasteiger partial charge in [0.1, 0.15) is 0 Å². The normalized spacial score (nSPS) is 14.2. The molecule has 0 saturated carbocycles. The fraction of sp³-hybridized carbons (Fsp3) is 0.778. The molecular formula is C18H35N. The van der Waals surface area contributed by atoms with Crippen LogP contribution in [0.25, 0.3) is 0 Å². The van der Waals surface area contributed by atoms with Crippen LogP contribution in [0, 0.1) is 5.92 Å². The van der Waals surface area contributed by atoms with Crippen LogP contribution in [0.1, 0.15) is 72.1 Å². The lowest BCUT2D eigenvalue weighted by Crippen LogP contribution is -2.10. The van der Waals surface area contributed by atoms with Crippen LogP contribution in [0.4, 0.5) is 0 Å². The number of rotatable bonds is 12. The van der Waals surface area contributed by atoms with Gasteiger partial charge in [0.05, 0.1) is 0 Å². The van der Waals surface area contributed by atoms with Gasteiger partial charge in [0, 0.05) is 0 Å². The topological polar surface area (TPSA) is 12.0 Å². The van der Waals surface area contributed by atoms with Gasteiger partial charge in [-0.15, -0.1) is 0 Å². The van der Waals surface area contributed by atoms with E-state index in [1.807, 2.05) is 7.05 Å². The molecule has 0 aromatic rings. The van der Waals surface area contributed by atoms with Gasteiger partial charge in [0.25, 0.3) is 0 Å². The van der Waals surface area contributed by atoms with Crippen molar-refractivity contribution in [2.45, 2.75) is 72.1 Å². The lowest BCUT2D eigenvalue weighted by atomic mass is 9.89. The molecule has 1 unspecified atom stereocenters. The van der Waals surface area contributed by atoms with Crippen LogP contribution in [0.15, 0.2) is 23.8 Å². The fourth-order valence-corrected chi connectivity index (χ4v) is 2.45. The van der Waals surface area contributed by atoms with Gasteiger partial charge in [-0.3, -0.25) is 0 Å². The molecule has 0 fully saturated rings. The van der Waals surface area contributed by atoms with E-state index in [1.54, 1.807) is 5.57 Å². The van der Waals surface area contributed by atoms with Crippen molar-refractivity contribution >= 4 is 0 Å². The van der Waals surface area contributed by atoms with Gasteiger partial charge >= 0.3 is 0 Å². The molecule has 0 bridgehead atoms. The third-order valence-electron chi connectivity index (χ3n) is 3.68. The van der Waals surface area contributed by atoms with E-state index in [0.717, 1.165) is 6.54 Å². The van der Waals surface area contributed by atoms with E-state index in [4.69, 9.17) is 0 Å². The predicted octanol–water partition coefficient (Wildman–Crippen LogP) is 5.49. The smallest absolute Gasteiger partial charge is 0.00229 e. The van der Waals surface area contributed by atoms with E-state index < -0.39 is 0 Å². The molecule has 0 saturated heterocycles. The van der Waals surface area contributed by atoms with Crippen LogP contribution in [0.3, 0.4) is 0 Å². The molecule has 1 N–H and O–H groups in total. The Kier molecular flexibility index (Phi) is 13.5. The van der Waals surface area contributed by atoms with Gasteiger partial charge in [-0.2, -0.15) is 0 Å². The summed E-state index contributed by atoms with van der Waals surface area (Å²) in [4.78, 5) is 0. The van der Waals surface area contributed by atoms with E-state index in [-0.39, 0.29) is 0 Å². The SMILES string of the molecule is C/C=C(\CCCCC)C(/C=C\CCC)CCCNC. The van der Waals surface area contributed by atoms with Crippen molar-refractivity contribution in [2.75, 3.05) is 13.6 Å². The lowest BCUT2D eigenvalue weighted by molar-refractivity contribution is 0.572. The molecule has 0 aliphatic carbocycles. The minimum atomic E-state index is 0.668. The van der Waals surface area contributed by atoms with Crippen molar-refractivity contribution in [1.82, 2.24) is 5.32 Å². The average Bonchev–Trinajstić information content (AvgIpc) is 2.43. The summed E-state index contributed by atoms with van der Waals surface area (Å²) in [6, 6.07) is 0. The van der Waals surface area contributed by atoms with E-state index >= 15 is 0 Å². The summed E-state index contributed by atoms with van der Waals surface area (Å²) < 4.78 is 0. The summed E-state index contributed by atoms with van der Waals surface area (Å²) >= 11 is 0. The molecule has 0 aromatic heterocycles. The third-order valence-corrected chi connectivity index (χ3v) is 3.68. The highest BCUT2D eigenvalue weighted by Crippen LogP contribution is 2.24. The number of unbranched alkanes of at least 4 members (excludes halogenated alkanes) is 3. The van der Waals surface area contributed by atoms with E-state index in [2.05, 4.69) is 44.3 Å². The minimum Gasteiger partial charge on any atom is -0.320 e. The predicted molar refractivity (Wildman–Crippen MR) is 88.6 cm³/mol. The Labute approximate surface area is 121 Å². The molecule has 0 radical (unpaired) electrons. The Morgan fingerprint density at radius 3 is 2.47 bits per heavy atom. The van der Waals surface area contributed by atoms with Crippen LogP contribution in [-0.2, 0) is 0 Å². The van der Waals surface area contributed by atoms with Gasteiger partial charge in [-0.1, -0.05) is 56.9 Å². The van der Waals surface area contributed by atoms with Crippen molar-refractivity contribution in [3.05, 3.63) is 23.8 Å². The molecule has 0 rings (SSSR count). The van der Waals surface area contributed by atoms with Crippen LogP contribution in [-0.4, -0.2) is 13.6 Å². The first-order valence-corrected chi connectivity index (χ1v) is 8.26. The van der Waals surface area contributed by atoms with Gasteiger partial charge in [0.15, 0.2) is 0 Å². The quantitative estimate of drug-likeness (QED) is 0.364. The highest BCUT2D eigenvalue weighted by Gasteiger charge is 2.09. The average molecular weight is 265 g/mol. The largest absolute Gasteiger partial charge is 0.320 e. The molecule has 0 amide bonds. The zero-order valence-corrected chi connectivity index (χ0v) is 13.7. The second-order valence-corrected chi connectivity index (χ2v) is 5.39. The van der Waals surface area contributed by atoms with Crippen molar-refractivity contribution in [3.8, 4) is 0 Å². The number of hydrogen-bond donors (Lipinski definition) is 1. The zero-order valence-electron chi connectivity index (χ0n) is 13.7. The van der Waals surface area contributed by atoms with Crippen molar-refractivity contribution < 1.29 is 0 Å². The van der Waals surface area contributed by atoms with Crippen LogP contribution < -0.4 is 5.32 Å². The first kappa shape index (κ1) is 18.4. The molecule has 0 heterocycles. The maximum Gasteiger partial charge on any atom is -0.00229 e. The number of allylic oxidation sites excluding steroid dienone is 4. The van der Waals surface area contributed by atoms with Crippen LogP contribution in [0.2, 0.25) is 0 Å². The van der Waals surface area contributed by atoms with Gasteiger partial charge in [-0.25, -0.2) is 0 Å². The first-order valence-electron chi connectivity index (χ1n) is 8.26. The Morgan fingerprint density at radius 1 is 1.11 bits per heavy atom. The van der Waals surface area contributed by atoms with Gasteiger partial charge in [-0.05, 0) is 58.5 Å². The highest BCUT2D eigenvalue weighted by atomic mass is 14.8. The van der Waals surface area contributed by atoms with Gasteiger partial charge in [0.2, 0.25) is 0 Å². The monoisotopic (exact) mass is 265 g/mol. The Hall–Kier alpha value is -0.560. The summed E-state index contributed by atoms with van der Waals surface area (Å²) in [5, 5.41) is 3.26. The Balaban J connectivity index is 4.39. The molecule has 1 nitrogen and oxygen atoms in total. The van der Waals surface area contributed by atoms with Gasteiger partial charge < -0.3 is 5.32 Å². The Bertz CT molecular complexity index is 240. The second-order valence-electron chi connectivity index (χ2n) is 5.39. The molecule has 1 atom stereocenters. The molecule has 112 valence electrons. The number of nitrogens with one attached hydrogen (secondary N) is 1. The van der Waals surface area contributed by atoms with Crippen molar-refractivity contribution in [2.24, 2.45) is 5.92 Å². The Morgan fingerprint density at radius 2 is 1.89 bits per heavy atom. The van der Waals surface area contributed by atoms with Crippen LogP contribution >= 0.6 is 0 Å². The number of hydrogen-bond acceptors (Lipinski definition) is 1. The van der Waals surface area contributed by atoms with Crippen molar-refractivity contribution in [1.29, 1.82) is 0 Å². The molecule has 0 aromatic carbocycles. The summed E-state index contributed by atoms with van der Waals surface area (Å²) in [6.45, 7) is 7.86. The molecular weight excluding hydrogens is 230 g/mol. The first-order chi connectivity index (χ1) is 9.29. The summed E-state index contributed by atoms with van der Waals surface area (Å²) in [7, 11) is 2.04. The molecule has 19 heavy (non-hydrogen) atoms. The summed E-state index contributed by atoms with van der Waals surface area (Å²) in [5.74, 6) is 0.668. The van der Waals surface area contributed by atoms with Crippen LogP contribution in [0.5, 0.6) is 0 Å². The maximum atomic E-state index is 3.26. The third kappa shape index (κ3) is 9.95. The minimum absolute atomic E-state index is 0.668. The molecule has 0 spiro atoms. The van der Waals surface area contributed by atoms with E-state index in [0.29, 0.717) is 5.92 Å².